The first-order valence-electron chi connectivity index (χ1n) is 8.44. The van der Waals surface area contributed by atoms with Crippen molar-refractivity contribution in [3.8, 4) is 0 Å². The molecule has 0 aromatic heterocycles. The SMILES string of the molecule is CC(=O)N[C@H]1C(O)O[C@H](CO)[C@@H](O[C@@H]2O[C@H](CO)[C@H](O)[C@@](O)([SiH3])[C@H]2O)[C@@H]1O. The van der Waals surface area contributed by atoms with E-state index in [1.807, 2.05) is 0 Å². The van der Waals surface area contributed by atoms with Crippen molar-refractivity contribution in [2.24, 2.45) is 0 Å². The minimum absolute atomic E-state index is 0.0982. The van der Waals surface area contributed by atoms with Gasteiger partial charge in [0.05, 0.1) is 23.5 Å². The molecule has 13 heteroatoms. The van der Waals surface area contributed by atoms with Gasteiger partial charge in [-0.3, -0.25) is 4.79 Å². The van der Waals surface area contributed by atoms with Crippen LogP contribution in [0.5, 0.6) is 0 Å². The lowest BCUT2D eigenvalue weighted by molar-refractivity contribution is -0.351. The highest BCUT2D eigenvalue weighted by Crippen LogP contribution is 2.31. The van der Waals surface area contributed by atoms with Crippen molar-refractivity contribution in [1.82, 2.24) is 5.32 Å². The third-order valence-corrected chi connectivity index (χ3v) is 6.01. The third-order valence-electron chi connectivity index (χ3n) is 4.83. The topological polar surface area (TPSA) is 198 Å². The van der Waals surface area contributed by atoms with Gasteiger partial charge in [0.2, 0.25) is 5.91 Å². The van der Waals surface area contributed by atoms with Crippen molar-refractivity contribution in [2.45, 2.75) is 67.4 Å². The zero-order valence-corrected chi connectivity index (χ0v) is 16.9. The zero-order valence-electron chi connectivity index (χ0n) is 14.9. The summed E-state index contributed by atoms with van der Waals surface area (Å²) in [5, 5.41) is 70.2. The summed E-state index contributed by atoms with van der Waals surface area (Å²) in [4.78, 5) is 11.3. The summed E-state index contributed by atoms with van der Waals surface area (Å²) in [5.41, 5.74) is 0. The van der Waals surface area contributed by atoms with Crippen LogP contribution in [0, 0.1) is 0 Å². The summed E-state index contributed by atoms with van der Waals surface area (Å²) < 4.78 is 15.9. The van der Waals surface area contributed by atoms with Crippen molar-refractivity contribution < 1.29 is 54.8 Å². The number of nitrogens with one attached hydrogen (secondary N) is 1. The molecule has 2 heterocycles. The predicted molar refractivity (Wildman–Crippen MR) is 89.1 cm³/mol. The highest BCUT2D eigenvalue weighted by molar-refractivity contribution is 6.15. The fourth-order valence-corrected chi connectivity index (χ4v) is 3.84. The van der Waals surface area contributed by atoms with Crippen molar-refractivity contribution in [3.63, 3.8) is 0 Å². The van der Waals surface area contributed by atoms with Gasteiger partial charge in [-0.2, -0.15) is 0 Å². The first-order chi connectivity index (χ1) is 12.5. The summed E-state index contributed by atoms with van der Waals surface area (Å²) in [6, 6.07) is -1.29. The Bertz CT molecular complexity index is 523. The third kappa shape index (κ3) is 4.49. The number of hydrogen-bond acceptors (Lipinski definition) is 11. The molecule has 2 aliphatic heterocycles. The van der Waals surface area contributed by atoms with Crippen LogP contribution in [0.25, 0.3) is 0 Å². The lowest BCUT2D eigenvalue weighted by Gasteiger charge is -2.49. The number of hydrogen-bond donors (Lipinski definition) is 8. The fourth-order valence-electron chi connectivity index (χ4n) is 3.19. The highest BCUT2D eigenvalue weighted by atomic mass is 28.1. The van der Waals surface area contributed by atoms with Crippen LogP contribution < -0.4 is 5.32 Å². The average molecular weight is 413 g/mol. The Morgan fingerprint density at radius 1 is 1.11 bits per heavy atom. The number of carbonyl (C=O) groups is 1. The smallest absolute Gasteiger partial charge is 0.217 e. The highest BCUT2D eigenvalue weighted by Gasteiger charge is 2.54. The molecule has 0 aromatic rings. The van der Waals surface area contributed by atoms with Gasteiger partial charge in [-0.1, -0.05) is 0 Å². The van der Waals surface area contributed by atoms with E-state index in [0.717, 1.165) is 6.92 Å². The minimum Gasteiger partial charge on any atom is -0.394 e. The fraction of sp³-hybridized carbons (Fsp3) is 0.929. The van der Waals surface area contributed by atoms with Crippen molar-refractivity contribution in [1.29, 1.82) is 0 Å². The molecule has 2 saturated heterocycles. The number of aliphatic hydroxyl groups is 7. The Morgan fingerprint density at radius 2 is 1.70 bits per heavy atom. The molecule has 0 spiro atoms. The van der Waals surface area contributed by atoms with Crippen LogP contribution in [0.3, 0.4) is 0 Å². The molecule has 0 bridgehead atoms. The molecular formula is C14H27NO11Si. The predicted octanol–water partition coefficient (Wildman–Crippen LogP) is -6.56. The van der Waals surface area contributed by atoms with E-state index >= 15 is 0 Å². The molecule has 2 rings (SSSR count). The van der Waals surface area contributed by atoms with Gasteiger partial charge in [0.15, 0.2) is 12.6 Å². The first-order valence-corrected chi connectivity index (χ1v) is 9.44. The van der Waals surface area contributed by atoms with Crippen LogP contribution in [0.15, 0.2) is 0 Å². The Kier molecular flexibility index (Phi) is 7.32. The first kappa shape index (κ1) is 22.6. The maximum absolute atomic E-state index is 11.3. The number of carbonyl (C=O) groups excluding carboxylic acids is 1. The summed E-state index contributed by atoms with van der Waals surface area (Å²) in [6.45, 7) is -0.180. The van der Waals surface area contributed by atoms with Crippen LogP contribution in [0.4, 0.5) is 0 Å². The van der Waals surface area contributed by atoms with E-state index in [1.165, 1.54) is 0 Å². The second-order valence-electron chi connectivity index (χ2n) is 6.91. The van der Waals surface area contributed by atoms with Crippen molar-refractivity contribution >= 4 is 16.1 Å². The lowest BCUT2D eigenvalue weighted by Crippen LogP contribution is -2.70. The maximum Gasteiger partial charge on any atom is 0.217 e. The largest absolute Gasteiger partial charge is 0.394 e. The van der Waals surface area contributed by atoms with Crippen LogP contribution >= 0.6 is 0 Å². The average Bonchev–Trinajstić information content (AvgIpc) is 2.61. The number of ether oxygens (including phenoxy) is 3. The van der Waals surface area contributed by atoms with E-state index in [0.29, 0.717) is 0 Å². The number of rotatable bonds is 5. The molecule has 1 amide bonds. The van der Waals surface area contributed by atoms with Gasteiger partial charge in [0.1, 0.15) is 47.9 Å². The molecule has 0 radical (unpaired) electrons. The van der Waals surface area contributed by atoms with Crippen LogP contribution in [-0.2, 0) is 19.0 Å². The zero-order chi connectivity index (χ0) is 20.5. The van der Waals surface area contributed by atoms with Crippen LogP contribution in [-0.4, -0.2) is 126 Å². The number of aliphatic hydroxyl groups excluding tert-OH is 6. The molecule has 2 fully saturated rings. The standard InChI is InChI=1S/C14H27NO11Si/c1-4(18)15-7-8(19)9(5(2-16)24-12(7)22)26-13-11(21)14(23,27)10(20)6(3-17)25-13/h5-13,16-17,19-23H,2-3H2,1,27H3,(H,15,18)/t5-,6-,7-,8-,9-,10+,11+,12?,13+,14-/m1/s1. The van der Waals surface area contributed by atoms with Gasteiger partial charge in [-0.25, -0.2) is 0 Å². The van der Waals surface area contributed by atoms with E-state index in [4.69, 9.17) is 14.2 Å². The van der Waals surface area contributed by atoms with E-state index in [-0.39, 0.29) is 10.2 Å². The monoisotopic (exact) mass is 413 g/mol. The van der Waals surface area contributed by atoms with Crippen LogP contribution in [0.2, 0.25) is 0 Å². The summed E-state index contributed by atoms with van der Waals surface area (Å²) in [5.74, 6) is -0.561. The van der Waals surface area contributed by atoms with E-state index < -0.39 is 79.6 Å². The Labute approximate surface area is 157 Å². The lowest BCUT2D eigenvalue weighted by atomic mass is 9.95. The maximum atomic E-state index is 11.3. The second kappa shape index (κ2) is 8.75. The van der Waals surface area contributed by atoms with Gasteiger partial charge < -0.3 is 55.3 Å². The molecule has 2 aliphatic rings. The van der Waals surface area contributed by atoms with Crippen LogP contribution in [0.1, 0.15) is 6.92 Å². The molecule has 158 valence electrons. The van der Waals surface area contributed by atoms with Crippen molar-refractivity contribution in [3.05, 3.63) is 0 Å². The molecule has 8 N–H and O–H groups in total. The molecular weight excluding hydrogens is 386 g/mol. The second-order valence-corrected chi connectivity index (χ2v) is 8.51. The van der Waals surface area contributed by atoms with E-state index in [9.17, 15) is 40.5 Å². The van der Waals surface area contributed by atoms with Gasteiger partial charge in [0, 0.05) is 6.92 Å². The molecule has 0 aliphatic carbocycles. The summed E-state index contributed by atoms with van der Waals surface area (Å²) in [7, 11) is -0.0982. The van der Waals surface area contributed by atoms with E-state index in [1.54, 1.807) is 0 Å². The van der Waals surface area contributed by atoms with E-state index in [2.05, 4.69) is 5.32 Å². The van der Waals surface area contributed by atoms with Gasteiger partial charge in [-0.15, -0.1) is 0 Å². The Hall–Kier alpha value is -0.713. The summed E-state index contributed by atoms with van der Waals surface area (Å²) in [6.07, 6.45) is -11.9. The normalized spacial score (nSPS) is 48.4. The minimum atomic E-state index is -1.97. The van der Waals surface area contributed by atoms with Gasteiger partial charge >= 0.3 is 0 Å². The quantitative estimate of drug-likeness (QED) is 0.199. The van der Waals surface area contributed by atoms with Crippen molar-refractivity contribution in [2.75, 3.05) is 13.2 Å². The molecule has 27 heavy (non-hydrogen) atoms. The Balaban J connectivity index is 2.22. The van der Waals surface area contributed by atoms with Gasteiger partial charge in [0.25, 0.3) is 0 Å². The molecule has 10 atom stereocenters. The molecule has 12 nitrogen and oxygen atoms in total. The number of amides is 1. The Morgan fingerprint density at radius 3 is 2.22 bits per heavy atom. The molecule has 1 unspecified atom stereocenters. The molecule has 0 aromatic carbocycles. The summed E-state index contributed by atoms with van der Waals surface area (Å²) >= 11 is 0. The van der Waals surface area contributed by atoms with Gasteiger partial charge in [-0.05, 0) is 0 Å². The molecule has 0 saturated carbocycles.